The maximum Gasteiger partial charge on any atom is 0.0611 e. The summed E-state index contributed by atoms with van der Waals surface area (Å²) in [5.74, 6) is 0. The fourth-order valence-electron chi connectivity index (χ4n) is 2.70. The molecule has 0 N–H and O–H groups in total. The number of fused-ring (bicyclic) bond motifs is 1. The van der Waals surface area contributed by atoms with E-state index in [1.165, 1.54) is 29.7 Å². The van der Waals surface area contributed by atoms with Crippen molar-refractivity contribution in [2.45, 2.75) is 26.3 Å². The number of rotatable bonds is 2. The SMILES string of the molecule is Cc1ccc2c(c1)CCCN2Cc1cc(Cl)ccn1. The van der Waals surface area contributed by atoms with E-state index in [2.05, 4.69) is 35.0 Å². The highest BCUT2D eigenvalue weighted by Crippen LogP contribution is 2.29. The van der Waals surface area contributed by atoms with Gasteiger partial charge in [0, 0.05) is 23.5 Å². The third-order valence-corrected chi connectivity index (χ3v) is 3.82. The summed E-state index contributed by atoms with van der Waals surface area (Å²) in [5.41, 5.74) is 5.16. The molecule has 0 unspecified atom stereocenters. The van der Waals surface area contributed by atoms with Crippen LogP contribution in [0.3, 0.4) is 0 Å². The lowest BCUT2D eigenvalue weighted by molar-refractivity contribution is 0.683. The van der Waals surface area contributed by atoms with Crippen LogP contribution in [0.1, 0.15) is 23.2 Å². The number of pyridine rings is 1. The van der Waals surface area contributed by atoms with Gasteiger partial charge in [-0.15, -0.1) is 0 Å². The molecule has 2 nitrogen and oxygen atoms in total. The highest BCUT2D eigenvalue weighted by atomic mass is 35.5. The molecule has 0 fully saturated rings. The highest BCUT2D eigenvalue weighted by molar-refractivity contribution is 6.30. The van der Waals surface area contributed by atoms with Gasteiger partial charge in [0.1, 0.15) is 0 Å². The molecule has 1 aromatic heterocycles. The minimum absolute atomic E-state index is 0.756. The summed E-state index contributed by atoms with van der Waals surface area (Å²) in [7, 11) is 0. The third kappa shape index (κ3) is 2.74. The molecule has 2 aromatic rings. The first-order valence-corrected chi connectivity index (χ1v) is 7.05. The van der Waals surface area contributed by atoms with Crippen LogP contribution in [0.4, 0.5) is 5.69 Å². The molecule has 0 bridgehead atoms. The molecular formula is C16H17ClN2. The van der Waals surface area contributed by atoms with Crippen molar-refractivity contribution in [2.75, 3.05) is 11.4 Å². The molecule has 2 heterocycles. The van der Waals surface area contributed by atoms with Gasteiger partial charge in [-0.2, -0.15) is 0 Å². The number of nitrogens with zero attached hydrogens (tertiary/aromatic N) is 2. The van der Waals surface area contributed by atoms with E-state index >= 15 is 0 Å². The normalized spacial score (nSPS) is 14.3. The van der Waals surface area contributed by atoms with Crippen molar-refractivity contribution in [3.05, 3.63) is 58.4 Å². The third-order valence-electron chi connectivity index (χ3n) is 3.58. The number of hydrogen-bond acceptors (Lipinski definition) is 2. The second kappa shape index (κ2) is 5.22. The van der Waals surface area contributed by atoms with E-state index in [1.54, 1.807) is 6.20 Å². The van der Waals surface area contributed by atoms with Crippen LogP contribution < -0.4 is 4.90 Å². The Morgan fingerprint density at radius 3 is 3.00 bits per heavy atom. The first-order valence-electron chi connectivity index (χ1n) is 6.67. The minimum atomic E-state index is 0.756. The lowest BCUT2D eigenvalue weighted by atomic mass is 9.99. The zero-order valence-electron chi connectivity index (χ0n) is 11.1. The summed E-state index contributed by atoms with van der Waals surface area (Å²) in [6, 6.07) is 10.5. The van der Waals surface area contributed by atoms with Gasteiger partial charge in [-0.1, -0.05) is 29.3 Å². The lowest BCUT2D eigenvalue weighted by Crippen LogP contribution is -2.29. The van der Waals surface area contributed by atoms with Crippen molar-refractivity contribution >= 4 is 17.3 Å². The Morgan fingerprint density at radius 1 is 1.26 bits per heavy atom. The number of anilines is 1. The van der Waals surface area contributed by atoms with Crippen LogP contribution >= 0.6 is 11.6 Å². The maximum atomic E-state index is 6.03. The molecular weight excluding hydrogens is 256 g/mol. The Kier molecular flexibility index (Phi) is 3.43. The Bertz CT molecular complexity index is 595. The second-order valence-corrected chi connectivity index (χ2v) is 5.56. The topological polar surface area (TPSA) is 16.1 Å². The van der Waals surface area contributed by atoms with Crippen molar-refractivity contribution in [1.29, 1.82) is 0 Å². The van der Waals surface area contributed by atoms with Crippen LogP contribution in [-0.2, 0) is 13.0 Å². The quantitative estimate of drug-likeness (QED) is 0.822. The maximum absolute atomic E-state index is 6.03. The summed E-state index contributed by atoms with van der Waals surface area (Å²) < 4.78 is 0. The van der Waals surface area contributed by atoms with E-state index in [9.17, 15) is 0 Å². The lowest BCUT2D eigenvalue weighted by Gasteiger charge is -2.31. The van der Waals surface area contributed by atoms with Gasteiger partial charge in [0.2, 0.25) is 0 Å². The molecule has 0 amide bonds. The minimum Gasteiger partial charge on any atom is -0.365 e. The average Bonchev–Trinajstić information content (AvgIpc) is 2.38. The molecule has 19 heavy (non-hydrogen) atoms. The van der Waals surface area contributed by atoms with Gasteiger partial charge in [0.25, 0.3) is 0 Å². The van der Waals surface area contributed by atoms with E-state index in [-0.39, 0.29) is 0 Å². The number of hydrogen-bond donors (Lipinski definition) is 0. The highest BCUT2D eigenvalue weighted by Gasteiger charge is 2.17. The van der Waals surface area contributed by atoms with Gasteiger partial charge >= 0.3 is 0 Å². The summed E-state index contributed by atoms with van der Waals surface area (Å²) in [4.78, 5) is 6.80. The zero-order chi connectivity index (χ0) is 13.2. The van der Waals surface area contributed by atoms with Gasteiger partial charge in [-0.3, -0.25) is 4.98 Å². The number of aryl methyl sites for hydroxylation is 2. The van der Waals surface area contributed by atoms with Crippen LogP contribution in [0.2, 0.25) is 5.02 Å². The van der Waals surface area contributed by atoms with Crippen molar-refractivity contribution in [1.82, 2.24) is 4.98 Å². The van der Waals surface area contributed by atoms with Gasteiger partial charge in [-0.25, -0.2) is 0 Å². The molecule has 1 aliphatic rings. The molecule has 0 aliphatic carbocycles. The summed E-state index contributed by atoms with van der Waals surface area (Å²) in [6.07, 6.45) is 4.16. The largest absolute Gasteiger partial charge is 0.365 e. The van der Waals surface area contributed by atoms with Gasteiger partial charge in [-0.05, 0) is 43.5 Å². The average molecular weight is 273 g/mol. The molecule has 0 spiro atoms. The predicted molar refractivity (Wildman–Crippen MR) is 79.8 cm³/mol. The fourth-order valence-corrected chi connectivity index (χ4v) is 2.88. The number of aromatic nitrogens is 1. The van der Waals surface area contributed by atoms with Crippen molar-refractivity contribution in [3.8, 4) is 0 Å². The summed E-state index contributed by atoms with van der Waals surface area (Å²) in [5, 5.41) is 0.756. The Morgan fingerprint density at radius 2 is 2.16 bits per heavy atom. The Balaban J connectivity index is 1.87. The number of halogens is 1. The monoisotopic (exact) mass is 272 g/mol. The molecule has 0 radical (unpaired) electrons. The van der Waals surface area contributed by atoms with E-state index in [0.717, 1.165) is 23.8 Å². The smallest absolute Gasteiger partial charge is 0.0611 e. The molecule has 3 heteroatoms. The van der Waals surface area contributed by atoms with Crippen LogP contribution in [0.15, 0.2) is 36.5 Å². The molecule has 0 saturated carbocycles. The standard InChI is InChI=1S/C16H17ClN2/c1-12-4-5-16-13(9-12)3-2-8-19(16)11-15-10-14(17)6-7-18-15/h4-7,9-10H,2-3,8,11H2,1H3. The van der Waals surface area contributed by atoms with Gasteiger partial charge in [0.05, 0.1) is 12.2 Å². The summed E-state index contributed by atoms with van der Waals surface area (Å²) in [6.45, 7) is 4.07. The first-order chi connectivity index (χ1) is 9.22. The Hall–Kier alpha value is -1.54. The van der Waals surface area contributed by atoms with Crippen LogP contribution in [-0.4, -0.2) is 11.5 Å². The summed E-state index contributed by atoms with van der Waals surface area (Å²) >= 11 is 6.03. The molecule has 1 aliphatic heterocycles. The predicted octanol–water partition coefficient (Wildman–Crippen LogP) is 4.00. The van der Waals surface area contributed by atoms with Gasteiger partial charge < -0.3 is 4.90 Å². The van der Waals surface area contributed by atoms with Crippen LogP contribution in [0.5, 0.6) is 0 Å². The zero-order valence-corrected chi connectivity index (χ0v) is 11.8. The van der Waals surface area contributed by atoms with Gasteiger partial charge in [0.15, 0.2) is 0 Å². The van der Waals surface area contributed by atoms with Crippen LogP contribution in [0, 0.1) is 6.92 Å². The van der Waals surface area contributed by atoms with E-state index in [0.29, 0.717) is 0 Å². The Labute approximate surface area is 119 Å². The first kappa shape index (κ1) is 12.5. The molecule has 0 atom stereocenters. The fraction of sp³-hybridized carbons (Fsp3) is 0.312. The van der Waals surface area contributed by atoms with Crippen LogP contribution in [0.25, 0.3) is 0 Å². The molecule has 98 valence electrons. The molecule has 3 rings (SSSR count). The second-order valence-electron chi connectivity index (χ2n) is 5.12. The van der Waals surface area contributed by atoms with Crippen molar-refractivity contribution < 1.29 is 0 Å². The number of benzene rings is 1. The molecule has 1 aromatic carbocycles. The van der Waals surface area contributed by atoms with E-state index < -0.39 is 0 Å². The van der Waals surface area contributed by atoms with Crippen molar-refractivity contribution in [2.24, 2.45) is 0 Å². The van der Waals surface area contributed by atoms with E-state index in [4.69, 9.17) is 11.6 Å². The van der Waals surface area contributed by atoms with E-state index in [1.807, 2.05) is 12.1 Å². The van der Waals surface area contributed by atoms with Crippen molar-refractivity contribution in [3.63, 3.8) is 0 Å². The molecule has 0 saturated heterocycles.